The fourth-order valence-corrected chi connectivity index (χ4v) is 1.92. The molecule has 0 aliphatic heterocycles. The van der Waals surface area contributed by atoms with Crippen molar-refractivity contribution in [3.8, 4) is 0 Å². The topological polar surface area (TPSA) is 77.4 Å². The van der Waals surface area contributed by atoms with E-state index in [1.165, 1.54) is 0 Å². The minimum atomic E-state index is -1.83. The number of carboxylic acid groups (broad SMARTS) is 1. The molecule has 0 aliphatic rings. The number of rotatable bonds is 8. The van der Waals surface area contributed by atoms with Crippen molar-refractivity contribution < 1.29 is 24.3 Å². The number of carboxylic acids is 1. The normalized spacial score (nSPS) is 17.0. The van der Waals surface area contributed by atoms with E-state index in [1.54, 1.807) is 21.1 Å². The highest BCUT2D eigenvalue weighted by molar-refractivity contribution is 5.90. The minimum Gasteiger partial charge on any atom is -0.550 e. The maximum atomic E-state index is 12.1. The van der Waals surface area contributed by atoms with Crippen molar-refractivity contribution in [1.82, 2.24) is 0 Å². The van der Waals surface area contributed by atoms with Crippen molar-refractivity contribution in [2.75, 3.05) is 27.7 Å². The van der Waals surface area contributed by atoms with Crippen LogP contribution in [0.2, 0.25) is 0 Å². The lowest BCUT2D eigenvalue weighted by Gasteiger charge is -2.35. The molecule has 0 bridgehead atoms. The molecule has 0 aromatic rings. The Labute approximate surface area is 109 Å². The number of ketones is 1. The predicted octanol–water partition coefficient (Wildman–Crippen LogP) is -0.431. The van der Waals surface area contributed by atoms with Gasteiger partial charge in [0.05, 0.1) is 21.1 Å². The highest BCUT2D eigenvalue weighted by Crippen LogP contribution is 2.21. The molecule has 1 N–H and O–H groups in total. The lowest BCUT2D eigenvalue weighted by Crippen LogP contribution is -2.56. The Balaban J connectivity index is 4.96. The standard InChI is InChI=1S/C13H25NO4/c1-6-10(2)7-11(15)13(18,8-12(16)17)9-14(3,4)5/h10,18H,6-9H2,1-5H3. The maximum absolute atomic E-state index is 12.1. The number of carbonyl (C=O) groups is 2. The summed E-state index contributed by atoms with van der Waals surface area (Å²) in [6.45, 7) is 3.93. The third-order valence-electron chi connectivity index (χ3n) is 2.92. The number of nitrogens with zero attached hydrogens (tertiary/aromatic N) is 1. The van der Waals surface area contributed by atoms with E-state index in [2.05, 4.69) is 0 Å². The second-order valence-corrected chi connectivity index (χ2v) is 6.17. The van der Waals surface area contributed by atoms with Gasteiger partial charge < -0.3 is 19.5 Å². The highest BCUT2D eigenvalue weighted by Gasteiger charge is 2.41. The van der Waals surface area contributed by atoms with Crippen LogP contribution in [-0.4, -0.2) is 54.6 Å². The van der Waals surface area contributed by atoms with Crippen LogP contribution in [0.5, 0.6) is 0 Å². The number of hydrogen-bond acceptors (Lipinski definition) is 4. The molecule has 0 aliphatic carbocycles. The Morgan fingerprint density at radius 3 is 2.17 bits per heavy atom. The first-order chi connectivity index (χ1) is 8.00. The van der Waals surface area contributed by atoms with Crippen molar-refractivity contribution in [2.45, 2.75) is 38.7 Å². The summed E-state index contributed by atoms with van der Waals surface area (Å²) in [5.74, 6) is -1.67. The van der Waals surface area contributed by atoms with Gasteiger partial charge in [-0.2, -0.15) is 0 Å². The molecule has 0 aromatic carbocycles. The van der Waals surface area contributed by atoms with Gasteiger partial charge in [-0.1, -0.05) is 20.3 Å². The molecule has 0 rings (SSSR count). The average Bonchev–Trinajstić information content (AvgIpc) is 2.12. The summed E-state index contributed by atoms with van der Waals surface area (Å²) >= 11 is 0. The smallest absolute Gasteiger partial charge is 0.177 e. The molecule has 106 valence electrons. The number of quaternary nitrogens is 1. The molecule has 2 unspecified atom stereocenters. The molecule has 0 radical (unpaired) electrons. The molecule has 18 heavy (non-hydrogen) atoms. The van der Waals surface area contributed by atoms with E-state index >= 15 is 0 Å². The Hall–Kier alpha value is -0.940. The summed E-state index contributed by atoms with van der Waals surface area (Å²) in [5, 5.41) is 21.1. The lowest BCUT2D eigenvalue weighted by atomic mass is 9.87. The van der Waals surface area contributed by atoms with Gasteiger partial charge >= 0.3 is 0 Å². The second kappa shape index (κ2) is 6.29. The Morgan fingerprint density at radius 2 is 1.83 bits per heavy atom. The first-order valence-corrected chi connectivity index (χ1v) is 6.26. The van der Waals surface area contributed by atoms with Gasteiger partial charge in [-0.3, -0.25) is 4.79 Å². The number of hydrogen-bond donors (Lipinski definition) is 1. The Bertz CT molecular complexity index is 309. The zero-order valence-electron chi connectivity index (χ0n) is 12.0. The van der Waals surface area contributed by atoms with Gasteiger partial charge in [0.15, 0.2) is 11.4 Å². The van der Waals surface area contributed by atoms with E-state index in [9.17, 15) is 19.8 Å². The summed E-state index contributed by atoms with van der Waals surface area (Å²) in [6.07, 6.45) is 0.371. The number of carbonyl (C=O) groups excluding carboxylic acids is 2. The molecule has 5 nitrogen and oxygen atoms in total. The largest absolute Gasteiger partial charge is 0.550 e. The molecule has 0 spiro atoms. The van der Waals surface area contributed by atoms with Crippen LogP contribution in [0.3, 0.4) is 0 Å². The number of aliphatic hydroxyl groups is 1. The van der Waals surface area contributed by atoms with E-state index < -0.39 is 23.8 Å². The first kappa shape index (κ1) is 17.1. The summed E-state index contributed by atoms with van der Waals surface area (Å²) < 4.78 is 0.316. The molecule has 2 atom stereocenters. The van der Waals surface area contributed by atoms with Crippen molar-refractivity contribution in [3.63, 3.8) is 0 Å². The number of Topliss-reactive ketones (excluding diaryl/α,β-unsaturated/α-hetero) is 1. The van der Waals surface area contributed by atoms with Gasteiger partial charge in [-0.05, 0) is 5.92 Å². The number of likely N-dealkylation sites (N-methyl/N-ethyl adjacent to an activating group) is 1. The second-order valence-electron chi connectivity index (χ2n) is 6.17. The zero-order chi connectivity index (χ0) is 14.6. The van der Waals surface area contributed by atoms with E-state index in [1.807, 2.05) is 13.8 Å². The third kappa shape index (κ3) is 6.12. The van der Waals surface area contributed by atoms with Gasteiger partial charge in [-0.15, -0.1) is 0 Å². The van der Waals surface area contributed by atoms with Crippen LogP contribution >= 0.6 is 0 Å². The zero-order valence-corrected chi connectivity index (χ0v) is 12.0. The third-order valence-corrected chi connectivity index (χ3v) is 2.92. The lowest BCUT2D eigenvalue weighted by molar-refractivity contribution is -0.875. The van der Waals surface area contributed by atoms with Crippen molar-refractivity contribution in [1.29, 1.82) is 0 Å². The highest BCUT2D eigenvalue weighted by atomic mass is 16.4. The maximum Gasteiger partial charge on any atom is 0.177 e. The average molecular weight is 259 g/mol. The quantitative estimate of drug-likeness (QED) is 0.600. The summed E-state index contributed by atoms with van der Waals surface area (Å²) in [7, 11) is 5.41. The number of aliphatic carboxylic acids is 1. The van der Waals surface area contributed by atoms with Gasteiger partial charge in [-0.25, -0.2) is 0 Å². The van der Waals surface area contributed by atoms with E-state index in [-0.39, 0.29) is 18.9 Å². The van der Waals surface area contributed by atoms with Crippen molar-refractivity contribution in [3.05, 3.63) is 0 Å². The molecular weight excluding hydrogens is 234 g/mol. The van der Waals surface area contributed by atoms with Crippen molar-refractivity contribution >= 4 is 11.8 Å². The van der Waals surface area contributed by atoms with Crippen LogP contribution in [0, 0.1) is 5.92 Å². The first-order valence-electron chi connectivity index (χ1n) is 6.26. The fraction of sp³-hybridized carbons (Fsp3) is 0.846. The van der Waals surface area contributed by atoms with Gasteiger partial charge in [0.1, 0.15) is 6.54 Å². The molecule has 0 aromatic heterocycles. The van der Waals surface area contributed by atoms with Gasteiger partial charge in [0, 0.05) is 18.8 Å². The van der Waals surface area contributed by atoms with E-state index in [0.29, 0.717) is 4.48 Å². The molecule has 0 saturated heterocycles. The van der Waals surface area contributed by atoms with Gasteiger partial charge in [0.25, 0.3) is 0 Å². The molecule has 5 heteroatoms. The predicted molar refractivity (Wildman–Crippen MR) is 66.6 cm³/mol. The molecule has 0 fully saturated rings. The molecule has 0 amide bonds. The summed E-state index contributed by atoms with van der Waals surface area (Å²) in [4.78, 5) is 22.8. The minimum absolute atomic E-state index is 0.0657. The van der Waals surface area contributed by atoms with Crippen LogP contribution in [-0.2, 0) is 9.59 Å². The van der Waals surface area contributed by atoms with E-state index in [0.717, 1.165) is 6.42 Å². The fourth-order valence-electron chi connectivity index (χ4n) is 1.92. The molecular formula is C13H25NO4. The van der Waals surface area contributed by atoms with Crippen LogP contribution < -0.4 is 5.11 Å². The summed E-state index contributed by atoms with van der Waals surface area (Å²) in [5.41, 5.74) is -1.83. The van der Waals surface area contributed by atoms with Crippen LogP contribution in [0.25, 0.3) is 0 Å². The van der Waals surface area contributed by atoms with Gasteiger partial charge in [0.2, 0.25) is 0 Å². The van der Waals surface area contributed by atoms with Crippen molar-refractivity contribution in [2.24, 2.45) is 5.92 Å². The van der Waals surface area contributed by atoms with Crippen LogP contribution in [0.15, 0.2) is 0 Å². The van der Waals surface area contributed by atoms with Crippen LogP contribution in [0.1, 0.15) is 33.1 Å². The Morgan fingerprint density at radius 1 is 1.33 bits per heavy atom. The van der Waals surface area contributed by atoms with Crippen LogP contribution in [0.4, 0.5) is 0 Å². The van der Waals surface area contributed by atoms with E-state index in [4.69, 9.17) is 0 Å². The molecule has 0 saturated carbocycles. The Kier molecular flexibility index (Phi) is 5.96. The monoisotopic (exact) mass is 259 g/mol. The molecule has 0 heterocycles. The SMILES string of the molecule is CCC(C)CC(=O)C(O)(CC(=O)[O-])C[N+](C)(C)C. The summed E-state index contributed by atoms with van der Waals surface area (Å²) in [6, 6.07) is 0.